The van der Waals surface area contributed by atoms with Gasteiger partial charge in [0.1, 0.15) is 0 Å². The molecule has 0 atom stereocenters. The SMILES string of the molecule is CCOCCNCc1cccn1C. The number of aromatic nitrogens is 1. The third-order valence-corrected chi connectivity index (χ3v) is 1.98. The molecule has 1 N–H and O–H groups in total. The molecular formula is C10H18N2O. The van der Waals surface area contributed by atoms with Gasteiger partial charge in [-0.1, -0.05) is 0 Å². The van der Waals surface area contributed by atoms with Crippen LogP contribution in [0.4, 0.5) is 0 Å². The van der Waals surface area contributed by atoms with E-state index in [-0.39, 0.29) is 0 Å². The standard InChI is InChI=1S/C10H18N2O/c1-3-13-8-6-11-9-10-5-4-7-12(10)2/h4-5,7,11H,3,6,8-9H2,1-2H3. The number of ether oxygens (including phenoxy) is 1. The Balaban J connectivity index is 2.10. The molecule has 0 aromatic carbocycles. The molecule has 1 rings (SSSR count). The van der Waals surface area contributed by atoms with Crippen molar-refractivity contribution < 1.29 is 4.74 Å². The Morgan fingerprint density at radius 3 is 3.00 bits per heavy atom. The van der Waals surface area contributed by atoms with E-state index in [1.807, 2.05) is 6.92 Å². The lowest BCUT2D eigenvalue weighted by molar-refractivity contribution is 0.149. The van der Waals surface area contributed by atoms with Crippen LogP contribution in [-0.4, -0.2) is 24.3 Å². The highest BCUT2D eigenvalue weighted by molar-refractivity contribution is 5.05. The third kappa shape index (κ3) is 3.61. The minimum Gasteiger partial charge on any atom is -0.380 e. The second-order valence-electron chi connectivity index (χ2n) is 2.98. The summed E-state index contributed by atoms with van der Waals surface area (Å²) in [5.41, 5.74) is 1.30. The van der Waals surface area contributed by atoms with Crippen LogP contribution in [0.25, 0.3) is 0 Å². The fourth-order valence-corrected chi connectivity index (χ4v) is 1.19. The van der Waals surface area contributed by atoms with Crippen molar-refractivity contribution in [2.45, 2.75) is 13.5 Å². The fourth-order valence-electron chi connectivity index (χ4n) is 1.19. The third-order valence-electron chi connectivity index (χ3n) is 1.98. The molecule has 3 nitrogen and oxygen atoms in total. The molecule has 0 aliphatic rings. The number of aryl methyl sites for hydroxylation is 1. The number of hydrogen-bond donors (Lipinski definition) is 1. The summed E-state index contributed by atoms with van der Waals surface area (Å²) in [5.74, 6) is 0. The zero-order valence-electron chi connectivity index (χ0n) is 8.42. The van der Waals surface area contributed by atoms with Crippen molar-refractivity contribution in [3.05, 3.63) is 24.0 Å². The predicted octanol–water partition coefficient (Wildman–Crippen LogP) is 1.15. The van der Waals surface area contributed by atoms with Crippen LogP contribution in [0.3, 0.4) is 0 Å². The van der Waals surface area contributed by atoms with Crippen LogP contribution >= 0.6 is 0 Å². The molecule has 1 heterocycles. The summed E-state index contributed by atoms with van der Waals surface area (Å²) in [6.07, 6.45) is 2.06. The second kappa shape index (κ2) is 5.78. The molecule has 1 aromatic heterocycles. The minimum absolute atomic E-state index is 0.793. The summed E-state index contributed by atoms with van der Waals surface area (Å²) in [5, 5.41) is 3.32. The fraction of sp³-hybridized carbons (Fsp3) is 0.600. The maximum atomic E-state index is 5.21. The molecule has 13 heavy (non-hydrogen) atoms. The van der Waals surface area contributed by atoms with E-state index in [0.717, 1.165) is 26.3 Å². The summed E-state index contributed by atoms with van der Waals surface area (Å²) in [4.78, 5) is 0. The number of nitrogens with one attached hydrogen (secondary N) is 1. The monoisotopic (exact) mass is 182 g/mol. The van der Waals surface area contributed by atoms with Gasteiger partial charge >= 0.3 is 0 Å². The topological polar surface area (TPSA) is 26.2 Å². The van der Waals surface area contributed by atoms with Crippen LogP contribution in [0.5, 0.6) is 0 Å². The van der Waals surface area contributed by atoms with Gasteiger partial charge in [0, 0.05) is 38.6 Å². The van der Waals surface area contributed by atoms with Gasteiger partial charge in [-0.15, -0.1) is 0 Å². The molecule has 0 fully saturated rings. The van der Waals surface area contributed by atoms with Gasteiger partial charge in [-0.25, -0.2) is 0 Å². The van der Waals surface area contributed by atoms with Gasteiger partial charge in [0.15, 0.2) is 0 Å². The maximum Gasteiger partial charge on any atom is 0.0590 e. The van der Waals surface area contributed by atoms with Crippen molar-refractivity contribution in [2.24, 2.45) is 7.05 Å². The molecule has 0 aliphatic heterocycles. The van der Waals surface area contributed by atoms with Gasteiger partial charge in [0.05, 0.1) is 6.61 Å². The second-order valence-corrected chi connectivity index (χ2v) is 2.98. The van der Waals surface area contributed by atoms with Crippen molar-refractivity contribution in [3.63, 3.8) is 0 Å². The molecule has 0 aliphatic carbocycles. The Kier molecular flexibility index (Phi) is 4.57. The zero-order chi connectivity index (χ0) is 9.52. The van der Waals surface area contributed by atoms with Crippen molar-refractivity contribution in [3.8, 4) is 0 Å². The highest BCUT2D eigenvalue weighted by Crippen LogP contribution is 1.97. The molecule has 0 saturated heterocycles. The Labute approximate surface area is 79.7 Å². The van der Waals surface area contributed by atoms with Crippen molar-refractivity contribution in [1.82, 2.24) is 9.88 Å². The lowest BCUT2D eigenvalue weighted by Gasteiger charge is -2.05. The molecule has 3 heteroatoms. The van der Waals surface area contributed by atoms with E-state index in [1.54, 1.807) is 0 Å². The van der Waals surface area contributed by atoms with Gasteiger partial charge < -0.3 is 14.6 Å². The Morgan fingerprint density at radius 2 is 2.38 bits per heavy atom. The maximum absolute atomic E-state index is 5.21. The van der Waals surface area contributed by atoms with Crippen LogP contribution in [-0.2, 0) is 18.3 Å². The smallest absolute Gasteiger partial charge is 0.0590 e. The minimum atomic E-state index is 0.793. The number of nitrogens with zero attached hydrogens (tertiary/aromatic N) is 1. The zero-order valence-corrected chi connectivity index (χ0v) is 8.42. The summed E-state index contributed by atoms with van der Waals surface area (Å²) in [7, 11) is 2.06. The highest BCUT2D eigenvalue weighted by atomic mass is 16.5. The molecule has 1 aromatic rings. The quantitative estimate of drug-likeness (QED) is 0.668. The first-order valence-electron chi connectivity index (χ1n) is 4.73. The average molecular weight is 182 g/mol. The first kappa shape index (κ1) is 10.3. The van der Waals surface area contributed by atoms with Gasteiger partial charge in [0.25, 0.3) is 0 Å². The van der Waals surface area contributed by atoms with E-state index in [1.165, 1.54) is 5.69 Å². The average Bonchev–Trinajstić information content (AvgIpc) is 2.52. The van der Waals surface area contributed by atoms with E-state index >= 15 is 0 Å². The van der Waals surface area contributed by atoms with E-state index in [9.17, 15) is 0 Å². The van der Waals surface area contributed by atoms with Crippen LogP contribution < -0.4 is 5.32 Å². The van der Waals surface area contributed by atoms with Crippen LogP contribution in [0.15, 0.2) is 18.3 Å². The van der Waals surface area contributed by atoms with Gasteiger partial charge in [-0.2, -0.15) is 0 Å². The first-order chi connectivity index (χ1) is 6.34. The van der Waals surface area contributed by atoms with E-state index in [4.69, 9.17) is 4.74 Å². The summed E-state index contributed by atoms with van der Waals surface area (Å²) < 4.78 is 7.33. The van der Waals surface area contributed by atoms with E-state index < -0.39 is 0 Å². The van der Waals surface area contributed by atoms with E-state index in [0.29, 0.717) is 0 Å². The Hall–Kier alpha value is -0.800. The molecule has 0 amide bonds. The van der Waals surface area contributed by atoms with Crippen LogP contribution in [0, 0.1) is 0 Å². The predicted molar refractivity (Wildman–Crippen MR) is 53.6 cm³/mol. The lowest BCUT2D eigenvalue weighted by Crippen LogP contribution is -2.20. The highest BCUT2D eigenvalue weighted by Gasteiger charge is 1.94. The lowest BCUT2D eigenvalue weighted by atomic mass is 10.4. The number of hydrogen-bond acceptors (Lipinski definition) is 2. The van der Waals surface area contributed by atoms with Gasteiger partial charge in [0.2, 0.25) is 0 Å². The molecular weight excluding hydrogens is 164 g/mol. The number of rotatable bonds is 6. The molecule has 74 valence electrons. The van der Waals surface area contributed by atoms with Gasteiger partial charge in [-0.3, -0.25) is 0 Å². The molecule has 0 radical (unpaired) electrons. The molecule has 0 saturated carbocycles. The summed E-state index contributed by atoms with van der Waals surface area (Å²) in [6, 6.07) is 4.17. The Bertz CT molecular complexity index is 233. The van der Waals surface area contributed by atoms with E-state index in [2.05, 4.69) is 35.3 Å². The van der Waals surface area contributed by atoms with Crippen LogP contribution in [0.2, 0.25) is 0 Å². The molecule has 0 bridgehead atoms. The van der Waals surface area contributed by atoms with Crippen molar-refractivity contribution >= 4 is 0 Å². The van der Waals surface area contributed by atoms with Gasteiger partial charge in [-0.05, 0) is 19.1 Å². The largest absolute Gasteiger partial charge is 0.380 e. The van der Waals surface area contributed by atoms with Crippen LogP contribution in [0.1, 0.15) is 12.6 Å². The summed E-state index contributed by atoms with van der Waals surface area (Å²) >= 11 is 0. The normalized spacial score (nSPS) is 10.6. The Morgan fingerprint density at radius 1 is 1.54 bits per heavy atom. The van der Waals surface area contributed by atoms with Crippen molar-refractivity contribution in [2.75, 3.05) is 19.8 Å². The molecule has 0 spiro atoms. The first-order valence-corrected chi connectivity index (χ1v) is 4.73. The molecule has 0 unspecified atom stereocenters. The van der Waals surface area contributed by atoms with Crippen molar-refractivity contribution in [1.29, 1.82) is 0 Å². The summed E-state index contributed by atoms with van der Waals surface area (Å²) in [6.45, 7) is 5.43.